The van der Waals surface area contributed by atoms with Crippen LogP contribution in [0, 0.1) is 0 Å². The number of hydrogen-bond donors (Lipinski definition) is 1. The van der Waals surface area contributed by atoms with E-state index in [2.05, 4.69) is 15.5 Å². The van der Waals surface area contributed by atoms with Crippen molar-refractivity contribution in [2.24, 2.45) is 0 Å². The number of para-hydroxylation sites is 1. The lowest BCUT2D eigenvalue weighted by Gasteiger charge is -2.08. The van der Waals surface area contributed by atoms with Crippen molar-refractivity contribution < 1.29 is 4.74 Å². The molecule has 0 bridgehead atoms. The van der Waals surface area contributed by atoms with E-state index in [0.29, 0.717) is 28.0 Å². The minimum Gasteiger partial charge on any atom is -0.495 e. The first-order chi connectivity index (χ1) is 10.2. The minimum absolute atomic E-state index is 0.517. The lowest BCUT2D eigenvalue weighted by Crippen LogP contribution is -2.01. The third kappa shape index (κ3) is 2.41. The van der Waals surface area contributed by atoms with E-state index in [4.69, 9.17) is 22.1 Å². The van der Waals surface area contributed by atoms with Gasteiger partial charge in [-0.25, -0.2) is 0 Å². The number of tetrazole rings is 1. The van der Waals surface area contributed by atoms with Gasteiger partial charge in [-0.3, -0.25) is 0 Å². The summed E-state index contributed by atoms with van der Waals surface area (Å²) in [5.41, 5.74) is 7.92. The first kappa shape index (κ1) is 13.4. The Hall–Kier alpha value is -2.60. The molecule has 106 valence electrons. The fourth-order valence-corrected chi connectivity index (χ4v) is 2.24. The molecule has 1 aromatic heterocycles. The molecule has 0 saturated carbocycles. The predicted octanol–water partition coefficient (Wildman–Crippen LogP) is 2.57. The molecule has 0 aliphatic heterocycles. The fraction of sp³-hybridized carbons (Fsp3) is 0.0714. The molecule has 0 spiro atoms. The number of methoxy groups -OCH3 is 1. The van der Waals surface area contributed by atoms with Gasteiger partial charge in [-0.15, -0.1) is 5.10 Å². The van der Waals surface area contributed by atoms with Gasteiger partial charge in [0.2, 0.25) is 0 Å². The van der Waals surface area contributed by atoms with Crippen LogP contribution < -0.4 is 10.5 Å². The zero-order valence-electron chi connectivity index (χ0n) is 11.2. The molecule has 0 fully saturated rings. The van der Waals surface area contributed by atoms with Crippen LogP contribution in [0.2, 0.25) is 5.02 Å². The number of nitrogens with zero attached hydrogens (tertiary/aromatic N) is 4. The SMILES string of the molecule is COc1ccc(-c2nnnn2-c2ccccc2Cl)cc1N. The molecule has 1 heterocycles. The van der Waals surface area contributed by atoms with Crippen molar-refractivity contribution in [3.8, 4) is 22.8 Å². The lowest BCUT2D eigenvalue weighted by molar-refractivity contribution is 0.417. The Labute approximate surface area is 126 Å². The van der Waals surface area contributed by atoms with Gasteiger partial charge < -0.3 is 10.5 Å². The standard InChI is InChI=1S/C14H12ClN5O/c1-21-13-7-6-9(8-11(13)16)14-17-18-19-20(14)12-5-3-2-4-10(12)15/h2-8H,16H2,1H3. The average molecular weight is 302 g/mol. The Balaban J connectivity index is 2.11. The number of rotatable bonds is 3. The molecule has 0 radical (unpaired) electrons. The fourth-order valence-electron chi connectivity index (χ4n) is 2.03. The van der Waals surface area contributed by atoms with Crippen molar-refractivity contribution in [3.63, 3.8) is 0 Å². The number of halogens is 1. The summed E-state index contributed by atoms with van der Waals surface area (Å²) in [6.45, 7) is 0. The van der Waals surface area contributed by atoms with Crippen molar-refractivity contribution in [1.29, 1.82) is 0 Å². The largest absolute Gasteiger partial charge is 0.495 e. The van der Waals surface area contributed by atoms with Crippen molar-refractivity contribution in [2.45, 2.75) is 0 Å². The molecular formula is C14H12ClN5O. The van der Waals surface area contributed by atoms with Crippen molar-refractivity contribution in [1.82, 2.24) is 20.2 Å². The molecule has 21 heavy (non-hydrogen) atoms. The van der Waals surface area contributed by atoms with Gasteiger partial charge in [-0.1, -0.05) is 23.7 Å². The molecule has 0 aliphatic carbocycles. The van der Waals surface area contributed by atoms with Gasteiger partial charge in [0.05, 0.1) is 23.5 Å². The van der Waals surface area contributed by atoms with E-state index < -0.39 is 0 Å². The Morgan fingerprint density at radius 3 is 2.71 bits per heavy atom. The van der Waals surface area contributed by atoms with Gasteiger partial charge in [-0.05, 0) is 40.8 Å². The number of benzene rings is 2. The second-order valence-corrected chi connectivity index (χ2v) is 4.73. The Morgan fingerprint density at radius 1 is 1.19 bits per heavy atom. The van der Waals surface area contributed by atoms with E-state index in [9.17, 15) is 0 Å². The van der Waals surface area contributed by atoms with Gasteiger partial charge in [0.1, 0.15) is 5.75 Å². The summed E-state index contributed by atoms with van der Waals surface area (Å²) in [5.74, 6) is 1.16. The molecule has 7 heteroatoms. The van der Waals surface area contributed by atoms with Crippen LogP contribution in [0.1, 0.15) is 0 Å². The van der Waals surface area contributed by atoms with Crippen LogP contribution in [-0.4, -0.2) is 27.3 Å². The maximum atomic E-state index is 6.19. The highest BCUT2D eigenvalue weighted by Gasteiger charge is 2.14. The highest BCUT2D eigenvalue weighted by molar-refractivity contribution is 6.32. The number of ether oxygens (including phenoxy) is 1. The molecule has 0 aliphatic rings. The molecule has 0 saturated heterocycles. The zero-order valence-corrected chi connectivity index (χ0v) is 11.9. The van der Waals surface area contributed by atoms with Crippen LogP contribution in [0.25, 0.3) is 17.1 Å². The molecular weight excluding hydrogens is 290 g/mol. The number of nitrogen functional groups attached to an aromatic ring is 1. The Kier molecular flexibility index (Phi) is 3.45. The quantitative estimate of drug-likeness (QED) is 0.752. The summed E-state index contributed by atoms with van der Waals surface area (Å²) < 4.78 is 6.72. The van der Waals surface area contributed by atoms with Crippen molar-refractivity contribution >= 4 is 17.3 Å². The molecule has 6 nitrogen and oxygen atoms in total. The molecule has 2 aromatic carbocycles. The van der Waals surface area contributed by atoms with E-state index >= 15 is 0 Å². The molecule has 0 unspecified atom stereocenters. The summed E-state index contributed by atoms with van der Waals surface area (Å²) in [6.07, 6.45) is 0. The van der Waals surface area contributed by atoms with Crippen LogP contribution in [0.4, 0.5) is 5.69 Å². The van der Waals surface area contributed by atoms with Crippen LogP contribution in [0.15, 0.2) is 42.5 Å². The number of anilines is 1. The molecule has 3 rings (SSSR count). The highest BCUT2D eigenvalue weighted by Crippen LogP contribution is 2.29. The van der Waals surface area contributed by atoms with Crippen LogP contribution in [-0.2, 0) is 0 Å². The number of hydrogen-bond acceptors (Lipinski definition) is 5. The number of nitrogens with two attached hydrogens (primary N) is 1. The van der Waals surface area contributed by atoms with Gasteiger partial charge >= 0.3 is 0 Å². The zero-order chi connectivity index (χ0) is 14.8. The third-order valence-electron chi connectivity index (χ3n) is 3.04. The average Bonchev–Trinajstić information content (AvgIpc) is 2.97. The Bertz CT molecular complexity index is 787. The summed E-state index contributed by atoms with van der Waals surface area (Å²) >= 11 is 6.19. The first-order valence-corrected chi connectivity index (χ1v) is 6.55. The van der Waals surface area contributed by atoms with E-state index in [-0.39, 0.29) is 0 Å². The third-order valence-corrected chi connectivity index (χ3v) is 3.36. The van der Waals surface area contributed by atoms with Crippen LogP contribution in [0.5, 0.6) is 5.75 Å². The summed E-state index contributed by atoms with van der Waals surface area (Å²) in [5, 5.41) is 12.3. The maximum absolute atomic E-state index is 6.19. The van der Waals surface area contributed by atoms with Gasteiger partial charge in [0.25, 0.3) is 0 Å². The predicted molar refractivity (Wildman–Crippen MR) is 80.6 cm³/mol. The molecule has 3 aromatic rings. The van der Waals surface area contributed by atoms with E-state index in [0.717, 1.165) is 5.56 Å². The molecule has 0 amide bonds. The summed E-state index contributed by atoms with van der Waals surface area (Å²) in [4.78, 5) is 0. The molecule has 2 N–H and O–H groups in total. The van der Waals surface area contributed by atoms with Gasteiger partial charge in [0.15, 0.2) is 5.82 Å². The van der Waals surface area contributed by atoms with Gasteiger partial charge in [0, 0.05) is 5.56 Å². The van der Waals surface area contributed by atoms with E-state index in [1.54, 1.807) is 30.0 Å². The van der Waals surface area contributed by atoms with Gasteiger partial charge in [-0.2, -0.15) is 4.68 Å². The van der Waals surface area contributed by atoms with Crippen molar-refractivity contribution in [2.75, 3.05) is 12.8 Å². The maximum Gasteiger partial charge on any atom is 0.187 e. The summed E-state index contributed by atoms with van der Waals surface area (Å²) in [6, 6.07) is 12.7. The van der Waals surface area contributed by atoms with E-state index in [1.165, 1.54) is 0 Å². The second-order valence-electron chi connectivity index (χ2n) is 4.32. The highest BCUT2D eigenvalue weighted by atomic mass is 35.5. The number of aromatic nitrogens is 4. The van der Waals surface area contributed by atoms with Crippen molar-refractivity contribution in [3.05, 3.63) is 47.5 Å². The Morgan fingerprint density at radius 2 is 2.00 bits per heavy atom. The van der Waals surface area contributed by atoms with Crippen LogP contribution >= 0.6 is 11.6 Å². The minimum atomic E-state index is 0.517. The summed E-state index contributed by atoms with van der Waals surface area (Å²) in [7, 11) is 1.57. The monoisotopic (exact) mass is 301 g/mol. The van der Waals surface area contributed by atoms with Crippen LogP contribution in [0.3, 0.4) is 0 Å². The van der Waals surface area contributed by atoms with E-state index in [1.807, 2.05) is 24.3 Å². The topological polar surface area (TPSA) is 78.9 Å². The molecule has 0 atom stereocenters. The smallest absolute Gasteiger partial charge is 0.187 e. The first-order valence-electron chi connectivity index (χ1n) is 6.18. The second kappa shape index (κ2) is 5.41. The lowest BCUT2D eigenvalue weighted by atomic mass is 10.1. The normalized spacial score (nSPS) is 10.6.